The van der Waals surface area contributed by atoms with Crippen molar-refractivity contribution in [3.63, 3.8) is 0 Å². The summed E-state index contributed by atoms with van der Waals surface area (Å²) in [4.78, 5) is 12.8. The van der Waals surface area contributed by atoms with E-state index in [-0.39, 0.29) is 41.3 Å². The first-order valence-electron chi connectivity index (χ1n) is 7.22. The monoisotopic (exact) mass is 276 g/mol. The molecule has 5 aliphatic rings. The van der Waals surface area contributed by atoms with Crippen molar-refractivity contribution in [2.75, 3.05) is 0 Å². The molecule has 4 aliphatic carbocycles. The third kappa shape index (κ3) is 1.04. The lowest BCUT2D eigenvalue weighted by Gasteiger charge is -2.41. The number of carbonyl (C=O) groups excluding carboxylic acids is 1. The molecule has 4 heteroatoms. The van der Waals surface area contributed by atoms with E-state index in [2.05, 4.69) is 12.2 Å². The Morgan fingerprint density at radius 3 is 1.68 bits per heavy atom. The zero-order chi connectivity index (χ0) is 12.9. The first-order valence-corrected chi connectivity index (χ1v) is 8.83. The van der Waals surface area contributed by atoms with Gasteiger partial charge in [0.25, 0.3) is 0 Å². The first-order chi connectivity index (χ1) is 9.09. The van der Waals surface area contributed by atoms with Crippen molar-refractivity contribution >= 4 is 15.6 Å². The molecule has 0 aromatic carbocycles. The summed E-state index contributed by atoms with van der Waals surface area (Å²) in [6.45, 7) is 0. The fourth-order valence-corrected chi connectivity index (χ4v) is 8.83. The Bertz CT molecular complexity index is 596. The molecule has 4 bridgehead atoms. The lowest BCUT2D eigenvalue weighted by atomic mass is 9.77. The third-order valence-electron chi connectivity index (χ3n) is 6.19. The van der Waals surface area contributed by atoms with Crippen LogP contribution in [0.3, 0.4) is 0 Å². The molecule has 3 nitrogen and oxygen atoms in total. The second kappa shape index (κ2) is 3.05. The molecule has 0 amide bonds. The van der Waals surface area contributed by atoms with Gasteiger partial charge >= 0.3 is 0 Å². The molecule has 19 heavy (non-hydrogen) atoms. The molecule has 8 atom stereocenters. The lowest BCUT2D eigenvalue weighted by molar-refractivity contribution is -0.128. The van der Waals surface area contributed by atoms with Crippen molar-refractivity contribution < 1.29 is 13.2 Å². The van der Waals surface area contributed by atoms with Gasteiger partial charge in [0, 0.05) is 11.8 Å². The van der Waals surface area contributed by atoms with Gasteiger partial charge in [-0.15, -0.1) is 0 Å². The summed E-state index contributed by atoms with van der Waals surface area (Å²) in [5, 5.41) is -0.798. The zero-order valence-corrected chi connectivity index (χ0v) is 11.3. The molecule has 5 rings (SSSR count). The molecule has 3 fully saturated rings. The van der Waals surface area contributed by atoms with E-state index in [1.165, 1.54) is 0 Å². The Morgan fingerprint density at radius 1 is 0.789 bits per heavy atom. The van der Waals surface area contributed by atoms with E-state index < -0.39 is 20.3 Å². The van der Waals surface area contributed by atoms with Gasteiger partial charge < -0.3 is 0 Å². The molecular formula is C15H16O3S. The first kappa shape index (κ1) is 10.8. The number of ketones is 1. The van der Waals surface area contributed by atoms with Crippen molar-refractivity contribution in [2.24, 2.45) is 35.5 Å². The molecule has 2 saturated carbocycles. The SMILES string of the molecule is O=C1[C@H]2[C@@H]([C@@H]3C=C[C@@H]2C3)S(=O)(=O)[C@@H]2[C@H]1[C@H]1C=C[C@H]2C1. The van der Waals surface area contributed by atoms with Crippen molar-refractivity contribution in [3.8, 4) is 0 Å². The van der Waals surface area contributed by atoms with Crippen molar-refractivity contribution in [3.05, 3.63) is 24.3 Å². The van der Waals surface area contributed by atoms with E-state index in [0.717, 1.165) is 12.8 Å². The van der Waals surface area contributed by atoms with E-state index >= 15 is 0 Å². The molecule has 1 saturated heterocycles. The summed E-state index contributed by atoms with van der Waals surface area (Å²) in [6.07, 6.45) is 10.0. The average Bonchev–Trinajstić information content (AvgIpc) is 3.11. The number of rotatable bonds is 0. The van der Waals surface area contributed by atoms with Gasteiger partial charge in [0.2, 0.25) is 0 Å². The molecule has 0 radical (unpaired) electrons. The molecular weight excluding hydrogens is 260 g/mol. The van der Waals surface area contributed by atoms with Crippen molar-refractivity contribution in [2.45, 2.75) is 23.3 Å². The summed E-state index contributed by atoms with van der Waals surface area (Å²) >= 11 is 0. The Balaban J connectivity index is 1.72. The second-order valence-electron chi connectivity index (χ2n) is 6.87. The standard InChI is InChI=1S/C15H16O3S/c16-13-11-7-1-3-9(5-7)14(11)19(17,18)15-10-4-2-8(6-10)12(13)15/h1-4,7-12,14-15H,5-6H2/t7-,8+,9-,10+,11-,12-,14-,15+/m0/s1. The van der Waals surface area contributed by atoms with E-state index in [9.17, 15) is 13.2 Å². The molecule has 1 aliphatic heterocycles. The van der Waals surface area contributed by atoms with Crippen LogP contribution >= 0.6 is 0 Å². The van der Waals surface area contributed by atoms with Crippen LogP contribution in [0.1, 0.15) is 12.8 Å². The summed E-state index contributed by atoms with van der Waals surface area (Å²) in [7, 11) is -3.16. The predicted octanol–water partition coefficient (Wildman–Crippen LogP) is 1.37. The van der Waals surface area contributed by atoms with Gasteiger partial charge in [-0.05, 0) is 36.5 Å². The highest BCUT2D eigenvalue weighted by molar-refractivity contribution is 7.92. The molecule has 0 aromatic heterocycles. The Kier molecular flexibility index (Phi) is 1.74. The van der Waals surface area contributed by atoms with Crippen LogP contribution in [-0.4, -0.2) is 24.7 Å². The van der Waals surface area contributed by atoms with Gasteiger partial charge in [0.1, 0.15) is 5.78 Å². The maximum atomic E-state index is 13.0. The summed E-state index contributed by atoms with van der Waals surface area (Å²) in [5.41, 5.74) is 0. The topological polar surface area (TPSA) is 51.2 Å². The van der Waals surface area contributed by atoms with Gasteiger partial charge in [-0.2, -0.15) is 0 Å². The summed E-state index contributed by atoms with van der Waals surface area (Å²) in [6, 6.07) is 0. The Morgan fingerprint density at radius 2 is 1.21 bits per heavy atom. The van der Waals surface area contributed by atoms with Crippen LogP contribution in [0, 0.1) is 35.5 Å². The number of hydrogen-bond acceptors (Lipinski definition) is 3. The van der Waals surface area contributed by atoms with Crippen LogP contribution in [0.4, 0.5) is 0 Å². The summed E-state index contributed by atoms with van der Waals surface area (Å²) in [5.74, 6) is 0.408. The molecule has 0 spiro atoms. The Labute approximate surface area is 112 Å². The summed E-state index contributed by atoms with van der Waals surface area (Å²) < 4.78 is 26.0. The third-order valence-corrected chi connectivity index (χ3v) is 8.99. The zero-order valence-electron chi connectivity index (χ0n) is 10.5. The van der Waals surface area contributed by atoms with E-state index in [0.29, 0.717) is 0 Å². The average molecular weight is 276 g/mol. The molecule has 100 valence electrons. The van der Waals surface area contributed by atoms with E-state index in [4.69, 9.17) is 0 Å². The maximum absolute atomic E-state index is 13.0. The quantitative estimate of drug-likeness (QED) is 0.628. The molecule has 0 aromatic rings. The fraction of sp³-hybridized carbons (Fsp3) is 0.667. The normalized spacial score (nSPS) is 58.6. The van der Waals surface area contributed by atoms with Crippen LogP contribution < -0.4 is 0 Å². The molecule has 1 heterocycles. The minimum atomic E-state index is -3.16. The van der Waals surface area contributed by atoms with Crippen LogP contribution in [0.2, 0.25) is 0 Å². The minimum absolute atomic E-state index is 0.105. The number of carbonyl (C=O) groups is 1. The predicted molar refractivity (Wildman–Crippen MR) is 70.0 cm³/mol. The Hall–Kier alpha value is -0.900. The van der Waals surface area contributed by atoms with Gasteiger partial charge in [-0.3, -0.25) is 4.79 Å². The highest BCUT2D eigenvalue weighted by Crippen LogP contribution is 2.59. The lowest BCUT2D eigenvalue weighted by Crippen LogP contribution is -2.55. The number of fused-ring (bicyclic) bond motifs is 10. The van der Waals surface area contributed by atoms with Crippen molar-refractivity contribution in [1.82, 2.24) is 0 Å². The number of sulfone groups is 1. The van der Waals surface area contributed by atoms with Crippen LogP contribution in [0.5, 0.6) is 0 Å². The highest BCUT2D eigenvalue weighted by Gasteiger charge is 2.67. The number of Topliss-reactive ketones (excluding diaryl/α,β-unsaturated/α-hetero) is 1. The van der Waals surface area contributed by atoms with Crippen LogP contribution in [0.15, 0.2) is 24.3 Å². The largest absolute Gasteiger partial charge is 0.299 e. The number of hydrogen-bond donors (Lipinski definition) is 0. The maximum Gasteiger partial charge on any atom is 0.158 e. The fourth-order valence-electron chi connectivity index (χ4n) is 5.60. The number of allylic oxidation sites excluding steroid dienone is 4. The van der Waals surface area contributed by atoms with Gasteiger partial charge in [-0.25, -0.2) is 8.42 Å². The highest BCUT2D eigenvalue weighted by atomic mass is 32.2. The smallest absolute Gasteiger partial charge is 0.158 e. The van der Waals surface area contributed by atoms with Gasteiger partial charge in [-0.1, -0.05) is 24.3 Å². The van der Waals surface area contributed by atoms with E-state index in [1.807, 2.05) is 12.2 Å². The molecule has 0 unspecified atom stereocenters. The van der Waals surface area contributed by atoms with Gasteiger partial charge in [0.05, 0.1) is 10.5 Å². The van der Waals surface area contributed by atoms with E-state index in [1.54, 1.807) is 0 Å². The van der Waals surface area contributed by atoms with Gasteiger partial charge in [0.15, 0.2) is 9.84 Å². The molecule has 0 N–H and O–H groups in total. The van der Waals surface area contributed by atoms with Crippen molar-refractivity contribution in [1.29, 1.82) is 0 Å². The second-order valence-corrected chi connectivity index (χ2v) is 9.14. The minimum Gasteiger partial charge on any atom is -0.299 e. The van der Waals surface area contributed by atoms with Crippen LogP contribution in [-0.2, 0) is 14.6 Å². The van der Waals surface area contributed by atoms with Crippen LogP contribution in [0.25, 0.3) is 0 Å².